The molecule has 178 valence electrons. The molecule has 0 aliphatic carbocycles. The fourth-order valence-corrected chi connectivity index (χ4v) is 2.43. The van der Waals surface area contributed by atoms with Crippen LogP contribution in [0.2, 0.25) is 0 Å². The fourth-order valence-electron chi connectivity index (χ4n) is 2.43. The van der Waals surface area contributed by atoms with E-state index in [2.05, 4.69) is 9.47 Å². The van der Waals surface area contributed by atoms with Gasteiger partial charge in [0, 0.05) is 12.2 Å². The van der Waals surface area contributed by atoms with Gasteiger partial charge in [-0.25, -0.2) is 19.2 Å². The number of ether oxygens (including phenoxy) is 2. The number of carboxylic acids is 2. The lowest BCUT2D eigenvalue weighted by Crippen LogP contribution is -2.45. The zero-order chi connectivity index (χ0) is 25.4. The molecule has 0 aliphatic rings. The van der Waals surface area contributed by atoms with Gasteiger partial charge in [0.05, 0.1) is 0 Å². The number of carbonyl (C=O) groups excluding carboxylic acids is 2. The summed E-state index contributed by atoms with van der Waals surface area (Å²) in [6.45, 7) is 0. The minimum atomic E-state index is -2.40. The van der Waals surface area contributed by atoms with Crippen molar-refractivity contribution in [3.05, 3.63) is 59.7 Å². The van der Waals surface area contributed by atoms with Gasteiger partial charge in [0.1, 0.15) is 0 Å². The molecule has 2 atom stereocenters. The van der Waals surface area contributed by atoms with Crippen LogP contribution >= 0.6 is 0 Å². The van der Waals surface area contributed by atoms with Gasteiger partial charge in [0.15, 0.2) is 23.0 Å². The van der Waals surface area contributed by atoms with Crippen LogP contribution in [0.5, 0.6) is 23.0 Å². The number of phenolic OH excluding ortho intramolecular Hbond substituents is 4. The monoisotopic (exact) mass is 474 g/mol. The predicted octanol–water partition coefficient (Wildman–Crippen LogP) is 1.23. The summed E-state index contributed by atoms with van der Waals surface area (Å²) in [6, 6.07) is 7.08. The van der Waals surface area contributed by atoms with Gasteiger partial charge >= 0.3 is 23.9 Å². The topological polar surface area (TPSA) is 208 Å². The molecule has 0 spiro atoms. The first kappa shape index (κ1) is 25.3. The SMILES string of the molecule is O=C(/C=C\c1ccc(O)c(O)c1)O[C@@H](C(=O)O)[C@@H](OC(=O)/C=C/c1ccc(O)c(O)c1)C(=O)O. The number of carbonyl (C=O) groups is 4. The lowest BCUT2D eigenvalue weighted by molar-refractivity contribution is -0.183. The standard InChI is InChI=1S/C22H18O12/c23-13-5-1-11(9-15(13)25)3-7-17(27)33-19(21(29)30)20(22(31)32)34-18(28)8-4-12-2-6-14(24)16(26)10-12/h1-10,19-20,23-26H,(H,29,30)(H,31,32)/b7-3-,8-4+/t19-,20-/m1/s1. The Hall–Kier alpha value is -5.00. The molecule has 2 aromatic rings. The molecule has 0 bridgehead atoms. The first-order chi connectivity index (χ1) is 16.0. The summed E-state index contributed by atoms with van der Waals surface area (Å²) in [5.74, 6) is -8.18. The summed E-state index contributed by atoms with van der Waals surface area (Å²) < 4.78 is 9.25. The Bertz CT molecular complexity index is 1070. The molecule has 34 heavy (non-hydrogen) atoms. The van der Waals surface area contributed by atoms with E-state index in [1.54, 1.807) is 0 Å². The van der Waals surface area contributed by atoms with Crippen molar-refractivity contribution < 1.29 is 59.3 Å². The number of esters is 2. The second-order valence-corrected chi connectivity index (χ2v) is 6.55. The van der Waals surface area contributed by atoms with Gasteiger partial charge in [-0.1, -0.05) is 12.1 Å². The molecule has 0 unspecified atom stereocenters. The van der Waals surface area contributed by atoms with Crippen LogP contribution in [0.3, 0.4) is 0 Å². The van der Waals surface area contributed by atoms with Crippen molar-refractivity contribution >= 4 is 36.0 Å². The molecule has 6 N–H and O–H groups in total. The van der Waals surface area contributed by atoms with Crippen molar-refractivity contribution in [1.82, 2.24) is 0 Å². The summed E-state index contributed by atoms with van der Waals surface area (Å²) in [5.41, 5.74) is 0.455. The van der Waals surface area contributed by atoms with Crippen LogP contribution in [-0.4, -0.2) is 66.7 Å². The van der Waals surface area contributed by atoms with Gasteiger partial charge in [0.25, 0.3) is 0 Å². The molecular formula is C22H18O12. The number of rotatable bonds is 9. The summed E-state index contributed by atoms with van der Waals surface area (Å²) in [6.07, 6.45) is -1.15. The third kappa shape index (κ3) is 7.02. The Labute approximate surface area is 190 Å². The average Bonchev–Trinajstić information content (AvgIpc) is 2.77. The van der Waals surface area contributed by atoms with E-state index >= 15 is 0 Å². The number of aromatic hydroxyl groups is 4. The Kier molecular flexibility index (Phi) is 8.20. The van der Waals surface area contributed by atoms with E-state index in [0.717, 1.165) is 48.6 Å². The van der Waals surface area contributed by atoms with Crippen molar-refractivity contribution in [2.24, 2.45) is 0 Å². The second-order valence-electron chi connectivity index (χ2n) is 6.55. The van der Waals surface area contributed by atoms with Crippen molar-refractivity contribution in [2.75, 3.05) is 0 Å². The van der Waals surface area contributed by atoms with E-state index in [-0.39, 0.29) is 11.1 Å². The maximum atomic E-state index is 12.0. The molecule has 0 heterocycles. The minimum Gasteiger partial charge on any atom is -0.504 e. The number of aliphatic carboxylic acids is 2. The number of phenols is 4. The van der Waals surface area contributed by atoms with Crippen molar-refractivity contribution in [3.63, 3.8) is 0 Å². The van der Waals surface area contributed by atoms with Crippen molar-refractivity contribution in [1.29, 1.82) is 0 Å². The summed E-state index contributed by atoms with van der Waals surface area (Å²) in [7, 11) is 0. The maximum Gasteiger partial charge on any atom is 0.349 e. The lowest BCUT2D eigenvalue weighted by atomic mass is 10.2. The largest absolute Gasteiger partial charge is 0.504 e. The highest BCUT2D eigenvalue weighted by Crippen LogP contribution is 2.26. The van der Waals surface area contributed by atoms with E-state index < -0.39 is 59.1 Å². The highest BCUT2D eigenvalue weighted by Gasteiger charge is 2.40. The highest BCUT2D eigenvalue weighted by molar-refractivity contribution is 5.93. The molecule has 12 heteroatoms. The van der Waals surface area contributed by atoms with Crippen LogP contribution in [0, 0.1) is 0 Å². The first-order valence-electron chi connectivity index (χ1n) is 9.25. The van der Waals surface area contributed by atoms with Gasteiger partial charge in [0.2, 0.25) is 12.2 Å². The van der Waals surface area contributed by atoms with Crippen molar-refractivity contribution in [3.8, 4) is 23.0 Å². The number of hydrogen-bond donors (Lipinski definition) is 6. The molecule has 0 saturated heterocycles. The zero-order valence-corrected chi connectivity index (χ0v) is 17.1. The third-order valence-corrected chi connectivity index (χ3v) is 4.07. The molecule has 0 aliphatic heterocycles. The normalized spacial score (nSPS) is 12.8. The van der Waals surface area contributed by atoms with Crippen LogP contribution in [0.4, 0.5) is 0 Å². The first-order valence-corrected chi connectivity index (χ1v) is 9.25. The van der Waals surface area contributed by atoms with Crippen molar-refractivity contribution in [2.45, 2.75) is 12.2 Å². The molecule has 0 fully saturated rings. The Morgan fingerprint density at radius 3 is 1.26 bits per heavy atom. The predicted molar refractivity (Wildman–Crippen MR) is 113 cm³/mol. The van der Waals surface area contributed by atoms with Gasteiger partial charge < -0.3 is 40.1 Å². The summed E-state index contributed by atoms with van der Waals surface area (Å²) in [4.78, 5) is 46.9. The molecule has 0 amide bonds. The smallest absolute Gasteiger partial charge is 0.349 e. The highest BCUT2D eigenvalue weighted by atomic mass is 16.6. The summed E-state index contributed by atoms with van der Waals surface area (Å²) >= 11 is 0. The zero-order valence-electron chi connectivity index (χ0n) is 17.1. The van der Waals surface area contributed by atoms with Gasteiger partial charge in [-0.3, -0.25) is 0 Å². The van der Waals surface area contributed by atoms with E-state index in [4.69, 9.17) is 0 Å². The van der Waals surface area contributed by atoms with Crippen LogP contribution < -0.4 is 0 Å². The van der Waals surface area contributed by atoms with Crippen LogP contribution in [0.1, 0.15) is 11.1 Å². The van der Waals surface area contributed by atoms with E-state index in [1.165, 1.54) is 12.1 Å². The second kappa shape index (κ2) is 11.0. The van der Waals surface area contributed by atoms with Gasteiger partial charge in [-0.15, -0.1) is 0 Å². The van der Waals surface area contributed by atoms with E-state index in [0.29, 0.717) is 0 Å². The minimum absolute atomic E-state index is 0.228. The molecule has 2 aromatic carbocycles. The fraction of sp³-hybridized carbons (Fsp3) is 0.0909. The van der Waals surface area contributed by atoms with Crippen LogP contribution in [-0.2, 0) is 28.7 Å². The van der Waals surface area contributed by atoms with Gasteiger partial charge in [-0.05, 0) is 47.5 Å². The number of hydrogen-bond acceptors (Lipinski definition) is 10. The van der Waals surface area contributed by atoms with Crippen LogP contribution in [0.15, 0.2) is 48.6 Å². The lowest BCUT2D eigenvalue weighted by Gasteiger charge is -2.19. The number of benzene rings is 2. The van der Waals surface area contributed by atoms with Gasteiger partial charge in [-0.2, -0.15) is 0 Å². The molecule has 0 radical (unpaired) electrons. The molecule has 2 rings (SSSR count). The molecule has 0 aromatic heterocycles. The molecule has 12 nitrogen and oxygen atoms in total. The van der Waals surface area contributed by atoms with Crippen LogP contribution in [0.25, 0.3) is 12.2 Å². The third-order valence-electron chi connectivity index (χ3n) is 4.07. The average molecular weight is 474 g/mol. The molecule has 0 saturated carbocycles. The number of carboxylic acid groups (broad SMARTS) is 2. The molecular weight excluding hydrogens is 456 g/mol. The Balaban J connectivity index is 2.11. The van der Waals surface area contributed by atoms with E-state index in [1.807, 2.05) is 0 Å². The quantitative estimate of drug-likeness (QED) is 0.172. The maximum absolute atomic E-state index is 12.0. The Morgan fingerprint density at radius 2 is 0.971 bits per heavy atom. The van der Waals surface area contributed by atoms with E-state index in [9.17, 15) is 49.8 Å². The Morgan fingerprint density at radius 1 is 0.618 bits per heavy atom. The summed E-state index contributed by atoms with van der Waals surface area (Å²) in [5, 5.41) is 55.9.